The molecule has 1 saturated heterocycles. The molecule has 124 valence electrons. The van der Waals surface area contributed by atoms with Crippen molar-refractivity contribution in [1.29, 1.82) is 0 Å². The average Bonchev–Trinajstić information content (AvgIpc) is 2.46. The van der Waals surface area contributed by atoms with Crippen LogP contribution in [0.3, 0.4) is 0 Å². The quantitative estimate of drug-likeness (QED) is 0.597. The summed E-state index contributed by atoms with van der Waals surface area (Å²) in [6, 6.07) is 2.02. The van der Waals surface area contributed by atoms with Crippen LogP contribution in [0.5, 0.6) is 0 Å². The lowest BCUT2D eigenvalue weighted by atomic mass is 9.97. The maximum Gasteiger partial charge on any atom is 0.210 e. The summed E-state index contributed by atoms with van der Waals surface area (Å²) in [5, 5.41) is 0.800. The first-order chi connectivity index (χ1) is 10.3. The van der Waals surface area contributed by atoms with Gasteiger partial charge in [-0.1, -0.05) is 11.8 Å². The molecule has 2 heterocycles. The molecule has 0 aliphatic carbocycles. The number of thioether (sulfide) groups is 1. The Morgan fingerprint density at radius 1 is 1.36 bits per heavy atom. The van der Waals surface area contributed by atoms with Gasteiger partial charge in [-0.05, 0) is 31.9 Å². The highest BCUT2D eigenvalue weighted by molar-refractivity contribution is 7.98. The van der Waals surface area contributed by atoms with Crippen LogP contribution in [0.1, 0.15) is 18.5 Å². The van der Waals surface area contributed by atoms with Gasteiger partial charge in [0.05, 0.1) is 6.26 Å². The first-order valence-corrected chi connectivity index (χ1v) is 10.4. The van der Waals surface area contributed by atoms with Crippen LogP contribution in [0, 0.1) is 12.8 Å². The molecule has 1 aliphatic rings. The molecule has 2 rings (SSSR count). The third-order valence-electron chi connectivity index (χ3n) is 4.02. The fourth-order valence-electron chi connectivity index (χ4n) is 2.62. The maximum atomic E-state index is 11.5. The molecule has 0 bridgehead atoms. The number of hydrogen-bond donors (Lipinski definition) is 0. The highest BCUT2D eigenvalue weighted by Crippen LogP contribution is 2.24. The van der Waals surface area contributed by atoms with Gasteiger partial charge in [-0.3, -0.25) is 0 Å². The van der Waals surface area contributed by atoms with Crippen LogP contribution >= 0.6 is 11.8 Å². The van der Waals surface area contributed by atoms with Gasteiger partial charge >= 0.3 is 0 Å². The van der Waals surface area contributed by atoms with Gasteiger partial charge in [0, 0.05) is 38.4 Å². The summed E-state index contributed by atoms with van der Waals surface area (Å²) in [5.74, 6) is 1.39. The molecule has 0 amide bonds. The molecule has 1 aromatic heterocycles. The lowest BCUT2D eigenvalue weighted by molar-refractivity contribution is 0.328. The Hall–Kier alpha value is -0.860. The molecule has 0 unspecified atom stereocenters. The zero-order valence-electron chi connectivity index (χ0n) is 13.6. The topological polar surface area (TPSA) is 66.4 Å². The van der Waals surface area contributed by atoms with Crippen molar-refractivity contribution in [1.82, 2.24) is 14.3 Å². The molecule has 8 heteroatoms. The van der Waals surface area contributed by atoms with E-state index >= 15 is 0 Å². The maximum absolute atomic E-state index is 11.5. The van der Waals surface area contributed by atoms with Crippen molar-refractivity contribution in [3.8, 4) is 0 Å². The molecule has 6 nitrogen and oxygen atoms in total. The SMILES string of the molecule is CSc1nc(C)cc(N2CCC(CN(C)S(C)(=O)=O)CC2)n1. The summed E-state index contributed by atoms with van der Waals surface area (Å²) in [6.45, 7) is 4.41. The highest BCUT2D eigenvalue weighted by Gasteiger charge is 2.24. The zero-order valence-corrected chi connectivity index (χ0v) is 15.2. The van der Waals surface area contributed by atoms with Crippen molar-refractivity contribution in [2.24, 2.45) is 5.92 Å². The summed E-state index contributed by atoms with van der Waals surface area (Å²) in [5.41, 5.74) is 0.980. The minimum absolute atomic E-state index is 0.416. The van der Waals surface area contributed by atoms with E-state index in [0.717, 1.165) is 42.6 Å². The van der Waals surface area contributed by atoms with Crippen LogP contribution in [0.4, 0.5) is 5.82 Å². The summed E-state index contributed by atoms with van der Waals surface area (Å²) in [6.07, 6.45) is 5.20. The van der Waals surface area contributed by atoms with Crippen LogP contribution in [-0.2, 0) is 10.0 Å². The largest absolute Gasteiger partial charge is 0.356 e. The molecule has 0 N–H and O–H groups in total. The normalized spacial score (nSPS) is 17.2. The first kappa shape index (κ1) is 17.5. The van der Waals surface area contributed by atoms with Crippen molar-refractivity contribution in [3.63, 3.8) is 0 Å². The lowest BCUT2D eigenvalue weighted by Crippen LogP contribution is -2.39. The van der Waals surface area contributed by atoms with E-state index in [1.165, 1.54) is 10.6 Å². The van der Waals surface area contributed by atoms with Crippen LogP contribution in [-0.4, -0.2) is 61.9 Å². The standard InChI is InChI=1S/C14H24N4O2S2/c1-11-9-13(16-14(15-11)21-3)18-7-5-12(6-8-18)10-17(2)22(4,19)20/h9,12H,5-8,10H2,1-4H3. The van der Waals surface area contributed by atoms with E-state index in [2.05, 4.69) is 14.9 Å². The first-order valence-electron chi connectivity index (χ1n) is 7.35. The van der Waals surface area contributed by atoms with Crippen LogP contribution in [0.15, 0.2) is 11.2 Å². The van der Waals surface area contributed by atoms with Gasteiger partial charge in [0.15, 0.2) is 5.16 Å². The van der Waals surface area contributed by atoms with E-state index in [-0.39, 0.29) is 0 Å². The van der Waals surface area contributed by atoms with Gasteiger partial charge in [0.25, 0.3) is 0 Å². The molecule has 0 spiro atoms. The fourth-order valence-corrected chi connectivity index (χ4v) is 3.52. The Morgan fingerprint density at radius 2 is 2.00 bits per heavy atom. The van der Waals surface area contributed by atoms with E-state index in [1.807, 2.05) is 19.2 Å². The van der Waals surface area contributed by atoms with Gasteiger partial charge in [-0.2, -0.15) is 0 Å². The smallest absolute Gasteiger partial charge is 0.210 e. The molecular weight excluding hydrogens is 320 g/mol. The van der Waals surface area contributed by atoms with E-state index in [0.29, 0.717) is 12.5 Å². The van der Waals surface area contributed by atoms with E-state index in [1.54, 1.807) is 18.8 Å². The number of aryl methyl sites for hydroxylation is 1. The minimum Gasteiger partial charge on any atom is -0.356 e. The van der Waals surface area contributed by atoms with Gasteiger partial charge in [-0.25, -0.2) is 22.7 Å². The molecular formula is C14H24N4O2S2. The van der Waals surface area contributed by atoms with Crippen molar-refractivity contribution >= 4 is 27.6 Å². The molecule has 0 atom stereocenters. The highest BCUT2D eigenvalue weighted by atomic mass is 32.2. The van der Waals surface area contributed by atoms with Gasteiger partial charge in [0.2, 0.25) is 10.0 Å². The Kier molecular flexibility index (Phi) is 5.68. The summed E-state index contributed by atoms with van der Waals surface area (Å²) < 4.78 is 24.4. The molecule has 1 fully saturated rings. The number of sulfonamides is 1. The second-order valence-corrected chi connectivity index (χ2v) is 8.69. The monoisotopic (exact) mass is 344 g/mol. The van der Waals surface area contributed by atoms with E-state index in [9.17, 15) is 8.42 Å². The summed E-state index contributed by atoms with van der Waals surface area (Å²) in [7, 11) is -1.43. The molecule has 0 saturated carbocycles. The minimum atomic E-state index is -3.09. The number of rotatable bonds is 5. The van der Waals surface area contributed by atoms with Crippen molar-refractivity contribution in [2.75, 3.05) is 44.1 Å². The van der Waals surface area contributed by atoms with Gasteiger partial charge < -0.3 is 4.90 Å². The Labute approximate surface area is 137 Å². The van der Waals surface area contributed by atoms with Crippen molar-refractivity contribution in [2.45, 2.75) is 24.9 Å². The second-order valence-electron chi connectivity index (χ2n) is 5.83. The molecule has 1 aliphatic heterocycles. The van der Waals surface area contributed by atoms with Crippen LogP contribution in [0.25, 0.3) is 0 Å². The third-order valence-corrected chi connectivity index (χ3v) is 5.85. The number of hydrogen-bond acceptors (Lipinski definition) is 6. The van der Waals surface area contributed by atoms with E-state index in [4.69, 9.17) is 0 Å². The van der Waals surface area contributed by atoms with Crippen LogP contribution in [0.2, 0.25) is 0 Å². The Morgan fingerprint density at radius 3 is 2.55 bits per heavy atom. The van der Waals surface area contributed by atoms with Gasteiger partial charge in [-0.15, -0.1) is 0 Å². The predicted octanol–water partition coefficient (Wildman–Crippen LogP) is 1.61. The van der Waals surface area contributed by atoms with Gasteiger partial charge in [0.1, 0.15) is 5.82 Å². The zero-order chi connectivity index (χ0) is 16.3. The predicted molar refractivity (Wildman–Crippen MR) is 91.0 cm³/mol. The Balaban J connectivity index is 1.96. The number of piperidine rings is 1. The van der Waals surface area contributed by atoms with Crippen molar-refractivity contribution < 1.29 is 8.42 Å². The summed E-state index contributed by atoms with van der Waals surface area (Å²) in [4.78, 5) is 11.2. The number of nitrogens with zero attached hydrogens (tertiary/aromatic N) is 4. The van der Waals surface area contributed by atoms with Crippen LogP contribution < -0.4 is 4.90 Å². The van der Waals surface area contributed by atoms with E-state index < -0.39 is 10.0 Å². The fraction of sp³-hybridized carbons (Fsp3) is 0.714. The number of aromatic nitrogens is 2. The number of anilines is 1. The molecule has 1 aromatic rings. The molecule has 22 heavy (non-hydrogen) atoms. The average molecular weight is 345 g/mol. The molecule has 0 radical (unpaired) electrons. The lowest BCUT2D eigenvalue weighted by Gasteiger charge is -2.34. The Bertz CT molecular complexity index is 613. The second kappa shape index (κ2) is 7.14. The summed E-state index contributed by atoms with van der Waals surface area (Å²) >= 11 is 1.55. The third kappa shape index (κ3) is 4.57. The molecule has 0 aromatic carbocycles. The van der Waals surface area contributed by atoms with Crippen molar-refractivity contribution in [3.05, 3.63) is 11.8 Å².